The van der Waals surface area contributed by atoms with Gasteiger partial charge in [-0.3, -0.25) is 14.9 Å². The first-order valence-electron chi connectivity index (χ1n) is 5.54. The van der Waals surface area contributed by atoms with Crippen molar-refractivity contribution in [2.45, 2.75) is 0 Å². The Balaban J connectivity index is 2.68. The van der Waals surface area contributed by atoms with E-state index < -0.39 is 46.3 Å². The van der Waals surface area contributed by atoms with E-state index in [2.05, 4.69) is 10.1 Å². The Morgan fingerprint density at radius 2 is 2.00 bits per heavy atom. The average Bonchev–Trinajstić information content (AvgIpc) is 2.37. The van der Waals surface area contributed by atoms with E-state index in [9.17, 15) is 28.5 Å². The summed E-state index contributed by atoms with van der Waals surface area (Å²) < 4.78 is 31.1. The summed E-state index contributed by atoms with van der Waals surface area (Å²) >= 11 is 0. The third-order valence-corrected chi connectivity index (χ3v) is 2.24. The van der Waals surface area contributed by atoms with Crippen LogP contribution in [-0.4, -0.2) is 41.7 Å². The van der Waals surface area contributed by atoms with Crippen molar-refractivity contribution < 1.29 is 33.1 Å². The predicted octanol–water partition coefficient (Wildman–Crippen LogP) is 0.704. The van der Waals surface area contributed by atoms with Crippen LogP contribution >= 0.6 is 0 Å². The van der Waals surface area contributed by atoms with E-state index in [1.165, 1.54) is 0 Å². The van der Waals surface area contributed by atoms with Crippen LogP contribution in [0.3, 0.4) is 0 Å². The van der Waals surface area contributed by atoms with Gasteiger partial charge >= 0.3 is 11.7 Å². The molecule has 0 aromatic heterocycles. The lowest BCUT2D eigenvalue weighted by Crippen LogP contribution is -2.28. The number of nitrogens with zero attached hydrogens (tertiary/aromatic N) is 1. The molecule has 0 saturated heterocycles. The van der Waals surface area contributed by atoms with Crippen molar-refractivity contribution in [3.63, 3.8) is 0 Å². The smallest absolute Gasteiger partial charge is 0.329 e. The van der Waals surface area contributed by atoms with Crippen LogP contribution in [0.1, 0.15) is 10.4 Å². The molecule has 0 heterocycles. The lowest BCUT2D eigenvalue weighted by molar-refractivity contribution is -0.387. The van der Waals surface area contributed by atoms with Gasteiger partial charge in [-0.15, -0.1) is 0 Å². The summed E-state index contributed by atoms with van der Waals surface area (Å²) in [5.74, 6) is -4.84. The fourth-order valence-electron chi connectivity index (χ4n) is 1.34. The highest BCUT2D eigenvalue weighted by atomic mass is 19.1. The van der Waals surface area contributed by atoms with Crippen LogP contribution in [0.25, 0.3) is 0 Å². The number of carbonyl (C=O) groups excluding carboxylic acids is 1. The van der Waals surface area contributed by atoms with Gasteiger partial charge in [-0.2, -0.15) is 4.39 Å². The third kappa shape index (κ3) is 4.76. The molecule has 1 aromatic rings. The summed E-state index contributed by atoms with van der Waals surface area (Å²) in [6.45, 7) is -0.855. The highest BCUT2D eigenvalue weighted by Crippen LogP contribution is 2.21. The quantitative estimate of drug-likeness (QED) is 0.435. The fourth-order valence-corrected chi connectivity index (χ4v) is 1.34. The maximum Gasteiger partial charge on any atom is 0.329 e. The van der Waals surface area contributed by atoms with Crippen LogP contribution in [0, 0.1) is 21.7 Å². The molecule has 0 aliphatic heterocycles. The first kappa shape index (κ1) is 16.4. The Morgan fingerprint density at radius 1 is 1.33 bits per heavy atom. The number of carboxylic acids is 1. The predicted molar refractivity (Wildman–Crippen MR) is 63.8 cm³/mol. The van der Waals surface area contributed by atoms with Crippen LogP contribution in [0.2, 0.25) is 0 Å². The number of nitrogens with one attached hydrogen (secondary N) is 1. The summed E-state index contributed by atoms with van der Waals surface area (Å²) in [6, 6.07) is 0.728. The number of carboxylic acid groups (broad SMARTS) is 1. The van der Waals surface area contributed by atoms with Crippen molar-refractivity contribution in [1.29, 1.82) is 0 Å². The first-order valence-corrected chi connectivity index (χ1v) is 5.54. The maximum atomic E-state index is 13.4. The van der Waals surface area contributed by atoms with Gasteiger partial charge in [0.25, 0.3) is 5.91 Å². The van der Waals surface area contributed by atoms with E-state index in [0.717, 1.165) is 0 Å². The van der Waals surface area contributed by atoms with Gasteiger partial charge in [0.1, 0.15) is 12.4 Å². The van der Waals surface area contributed by atoms with Crippen LogP contribution < -0.4 is 5.32 Å². The minimum Gasteiger partial charge on any atom is -0.480 e. The molecule has 1 rings (SSSR count). The van der Waals surface area contributed by atoms with Crippen molar-refractivity contribution in [2.24, 2.45) is 0 Å². The second-order valence-corrected chi connectivity index (χ2v) is 3.74. The van der Waals surface area contributed by atoms with E-state index in [-0.39, 0.29) is 19.2 Å². The zero-order valence-corrected chi connectivity index (χ0v) is 10.5. The van der Waals surface area contributed by atoms with Crippen molar-refractivity contribution in [3.05, 3.63) is 39.4 Å². The number of rotatable bonds is 7. The fraction of sp³-hybridized carbons (Fsp3) is 0.273. The minimum atomic E-state index is -1.39. The molecule has 0 aliphatic carbocycles. The SMILES string of the molecule is O=C(O)COCCNC(=O)c1cc([N+](=O)[O-])c(F)cc1F. The second kappa shape index (κ2) is 7.24. The molecule has 114 valence electrons. The molecule has 10 heteroatoms. The molecule has 0 fully saturated rings. The number of hydrogen-bond donors (Lipinski definition) is 2. The van der Waals surface area contributed by atoms with Crippen molar-refractivity contribution in [1.82, 2.24) is 5.32 Å². The van der Waals surface area contributed by atoms with Crippen molar-refractivity contribution in [2.75, 3.05) is 19.8 Å². The number of benzene rings is 1. The number of amides is 1. The Morgan fingerprint density at radius 3 is 2.57 bits per heavy atom. The van der Waals surface area contributed by atoms with Gasteiger partial charge in [0.2, 0.25) is 5.82 Å². The molecule has 8 nitrogen and oxygen atoms in total. The Labute approximate surface area is 116 Å². The summed E-state index contributed by atoms with van der Waals surface area (Å²) in [6.07, 6.45) is 0. The van der Waals surface area contributed by atoms with Crippen molar-refractivity contribution >= 4 is 17.6 Å². The molecule has 21 heavy (non-hydrogen) atoms. The van der Waals surface area contributed by atoms with Gasteiger partial charge in [-0.1, -0.05) is 0 Å². The molecule has 2 N–H and O–H groups in total. The van der Waals surface area contributed by atoms with Gasteiger partial charge in [0, 0.05) is 18.7 Å². The molecule has 1 aromatic carbocycles. The number of nitro benzene ring substituents is 1. The van der Waals surface area contributed by atoms with E-state index in [1.807, 2.05) is 0 Å². The lowest BCUT2D eigenvalue weighted by Gasteiger charge is -2.06. The third-order valence-electron chi connectivity index (χ3n) is 2.24. The van der Waals surface area contributed by atoms with Gasteiger partial charge in [0.15, 0.2) is 0 Å². The van der Waals surface area contributed by atoms with E-state index in [4.69, 9.17) is 5.11 Å². The number of halogens is 2. The molecule has 0 atom stereocenters. The number of aliphatic carboxylic acids is 1. The standard InChI is InChI=1S/C11H10F2N2O6/c12-7-4-8(13)9(15(19)20)3-6(7)11(18)14-1-2-21-5-10(16)17/h3-4H,1-2,5H2,(H,14,18)(H,16,17). The molecular formula is C11H10F2N2O6. The maximum absolute atomic E-state index is 13.4. The topological polar surface area (TPSA) is 119 Å². The minimum absolute atomic E-state index is 0.142. The second-order valence-electron chi connectivity index (χ2n) is 3.74. The highest BCUT2D eigenvalue weighted by molar-refractivity contribution is 5.95. The summed E-state index contributed by atoms with van der Waals surface area (Å²) in [7, 11) is 0. The highest BCUT2D eigenvalue weighted by Gasteiger charge is 2.22. The first-order chi connectivity index (χ1) is 9.82. The van der Waals surface area contributed by atoms with Gasteiger partial charge in [-0.05, 0) is 0 Å². The number of nitro groups is 1. The Hall–Kier alpha value is -2.62. The molecule has 0 bridgehead atoms. The van der Waals surface area contributed by atoms with E-state index in [0.29, 0.717) is 6.07 Å². The molecule has 0 radical (unpaired) electrons. The zero-order chi connectivity index (χ0) is 16.0. The van der Waals surface area contributed by atoms with Crippen LogP contribution in [-0.2, 0) is 9.53 Å². The molecule has 0 saturated carbocycles. The van der Waals surface area contributed by atoms with Crippen LogP contribution in [0.15, 0.2) is 12.1 Å². The van der Waals surface area contributed by atoms with Crippen molar-refractivity contribution in [3.8, 4) is 0 Å². The molecule has 0 aliphatic rings. The van der Waals surface area contributed by atoms with Crippen LogP contribution in [0.4, 0.5) is 14.5 Å². The number of ether oxygens (including phenoxy) is 1. The van der Waals surface area contributed by atoms with E-state index in [1.54, 1.807) is 0 Å². The van der Waals surface area contributed by atoms with Gasteiger partial charge in [-0.25, -0.2) is 9.18 Å². The largest absolute Gasteiger partial charge is 0.480 e. The summed E-state index contributed by atoms with van der Waals surface area (Å²) in [5.41, 5.74) is -1.72. The monoisotopic (exact) mass is 304 g/mol. The number of carbonyl (C=O) groups is 2. The Bertz CT molecular complexity index is 578. The van der Waals surface area contributed by atoms with Gasteiger partial charge < -0.3 is 15.2 Å². The average molecular weight is 304 g/mol. The Kier molecular flexibility index (Phi) is 5.67. The van der Waals surface area contributed by atoms with Gasteiger partial charge in [0.05, 0.1) is 17.1 Å². The number of hydrogen-bond acceptors (Lipinski definition) is 5. The molecular weight excluding hydrogens is 294 g/mol. The van der Waals surface area contributed by atoms with Crippen LogP contribution in [0.5, 0.6) is 0 Å². The summed E-state index contributed by atoms with van der Waals surface area (Å²) in [4.78, 5) is 31.1. The summed E-state index contributed by atoms with van der Waals surface area (Å²) in [5, 5.41) is 20.9. The molecule has 0 spiro atoms. The zero-order valence-electron chi connectivity index (χ0n) is 10.5. The lowest BCUT2D eigenvalue weighted by atomic mass is 10.1. The molecule has 1 amide bonds. The molecule has 0 unspecified atom stereocenters. The normalized spacial score (nSPS) is 10.2. The van der Waals surface area contributed by atoms with E-state index >= 15 is 0 Å².